The summed E-state index contributed by atoms with van der Waals surface area (Å²) >= 11 is 1.34. The van der Waals surface area contributed by atoms with Gasteiger partial charge in [0.05, 0.1) is 12.9 Å². The first-order valence-corrected chi connectivity index (χ1v) is 7.72. The fraction of sp³-hybridized carbons (Fsp3) is 0.846. The van der Waals surface area contributed by atoms with Crippen LogP contribution in [0, 0.1) is 5.92 Å². The van der Waals surface area contributed by atoms with Crippen LogP contribution in [0.3, 0.4) is 0 Å². The topological polar surface area (TPSA) is 81.4 Å². The van der Waals surface area contributed by atoms with Crippen molar-refractivity contribution in [1.29, 1.82) is 0 Å². The van der Waals surface area contributed by atoms with Gasteiger partial charge in [-0.3, -0.25) is 9.59 Å². The molecular formula is C13H26N2O3S. The smallest absolute Gasteiger partial charge is 0.323 e. The molecule has 0 saturated carbocycles. The Hall–Kier alpha value is -0.750. The molecule has 19 heavy (non-hydrogen) atoms. The summed E-state index contributed by atoms with van der Waals surface area (Å²) in [6, 6.07) is -0.481. The maximum absolute atomic E-state index is 11.6. The number of nitrogens with two attached hydrogens (primary N) is 1. The standard InChI is InChI=1S/C13H26N2O3S/c1-9(2)5-6-10(3)15-12(16)8-19-7-11(14)13(17)18-4/h9-11H,5-8,14H2,1-4H3,(H,15,16). The number of esters is 1. The van der Waals surface area contributed by atoms with E-state index in [2.05, 4.69) is 23.9 Å². The second-order valence-electron chi connectivity index (χ2n) is 5.08. The van der Waals surface area contributed by atoms with Gasteiger partial charge < -0.3 is 15.8 Å². The lowest BCUT2D eigenvalue weighted by Crippen LogP contribution is -2.36. The van der Waals surface area contributed by atoms with E-state index in [1.54, 1.807) is 0 Å². The molecule has 0 fully saturated rings. The molecule has 112 valence electrons. The van der Waals surface area contributed by atoms with Crippen LogP contribution >= 0.6 is 11.8 Å². The van der Waals surface area contributed by atoms with E-state index < -0.39 is 12.0 Å². The summed E-state index contributed by atoms with van der Waals surface area (Å²) in [5.41, 5.74) is 5.57. The number of amides is 1. The minimum Gasteiger partial charge on any atom is -0.468 e. The first-order valence-electron chi connectivity index (χ1n) is 6.57. The Morgan fingerprint density at radius 3 is 2.42 bits per heavy atom. The summed E-state index contributed by atoms with van der Waals surface area (Å²) in [6.45, 7) is 6.34. The molecule has 0 saturated heterocycles. The molecule has 0 aliphatic rings. The molecule has 0 aliphatic carbocycles. The molecule has 0 bridgehead atoms. The number of ether oxygens (including phenoxy) is 1. The lowest BCUT2D eigenvalue weighted by Gasteiger charge is -2.15. The number of thioether (sulfide) groups is 1. The normalized spacial score (nSPS) is 14.0. The number of rotatable bonds is 9. The number of nitrogens with one attached hydrogen (secondary N) is 1. The van der Waals surface area contributed by atoms with Crippen LogP contribution < -0.4 is 11.1 Å². The van der Waals surface area contributed by atoms with Gasteiger partial charge in [0.15, 0.2) is 0 Å². The predicted molar refractivity (Wildman–Crippen MR) is 79.0 cm³/mol. The van der Waals surface area contributed by atoms with Crippen molar-refractivity contribution < 1.29 is 14.3 Å². The number of hydrogen-bond donors (Lipinski definition) is 2. The highest BCUT2D eigenvalue weighted by molar-refractivity contribution is 8.00. The molecule has 0 aromatic carbocycles. The lowest BCUT2D eigenvalue weighted by atomic mass is 10.0. The van der Waals surface area contributed by atoms with E-state index in [-0.39, 0.29) is 11.9 Å². The van der Waals surface area contributed by atoms with Crippen molar-refractivity contribution >= 4 is 23.6 Å². The summed E-state index contributed by atoms with van der Waals surface area (Å²) < 4.78 is 4.51. The van der Waals surface area contributed by atoms with Gasteiger partial charge >= 0.3 is 5.97 Å². The number of carbonyl (C=O) groups is 2. The molecule has 6 heteroatoms. The second-order valence-corrected chi connectivity index (χ2v) is 6.11. The molecule has 0 heterocycles. The van der Waals surface area contributed by atoms with E-state index in [0.29, 0.717) is 17.4 Å². The van der Waals surface area contributed by atoms with E-state index in [1.165, 1.54) is 18.9 Å². The number of methoxy groups -OCH3 is 1. The van der Waals surface area contributed by atoms with Crippen LogP contribution in [-0.2, 0) is 14.3 Å². The average molecular weight is 290 g/mol. The first kappa shape index (κ1) is 18.2. The van der Waals surface area contributed by atoms with Crippen molar-refractivity contribution in [2.75, 3.05) is 18.6 Å². The molecule has 2 atom stereocenters. The summed E-state index contributed by atoms with van der Waals surface area (Å²) in [5.74, 6) is 0.889. The van der Waals surface area contributed by atoms with Gasteiger partial charge in [-0.1, -0.05) is 13.8 Å². The van der Waals surface area contributed by atoms with Crippen molar-refractivity contribution in [3.63, 3.8) is 0 Å². The molecule has 2 unspecified atom stereocenters. The Morgan fingerprint density at radius 2 is 1.89 bits per heavy atom. The Bertz CT molecular complexity index is 285. The highest BCUT2D eigenvalue weighted by Gasteiger charge is 2.14. The third-order valence-corrected chi connectivity index (χ3v) is 3.68. The van der Waals surface area contributed by atoms with Gasteiger partial charge in [-0.15, -0.1) is 11.8 Å². The average Bonchev–Trinajstić information content (AvgIpc) is 2.35. The van der Waals surface area contributed by atoms with Crippen molar-refractivity contribution in [2.45, 2.75) is 45.7 Å². The van der Waals surface area contributed by atoms with Crippen LogP contribution in [0.2, 0.25) is 0 Å². The highest BCUT2D eigenvalue weighted by atomic mass is 32.2. The van der Waals surface area contributed by atoms with E-state index in [1.807, 2.05) is 6.92 Å². The zero-order valence-corrected chi connectivity index (χ0v) is 13.1. The molecule has 0 rings (SSSR count). The monoisotopic (exact) mass is 290 g/mol. The van der Waals surface area contributed by atoms with Gasteiger partial charge in [-0.2, -0.15) is 0 Å². The highest BCUT2D eigenvalue weighted by Crippen LogP contribution is 2.07. The van der Waals surface area contributed by atoms with Crippen LogP contribution in [0.5, 0.6) is 0 Å². The van der Waals surface area contributed by atoms with Gasteiger partial charge in [0.1, 0.15) is 6.04 Å². The van der Waals surface area contributed by atoms with E-state index in [0.717, 1.165) is 12.8 Å². The molecule has 5 nitrogen and oxygen atoms in total. The molecule has 0 aromatic heterocycles. The summed E-state index contributed by atoms with van der Waals surface area (Å²) in [5, 5.41) is 2.94. The summed E-state index contributed by atoms with van der Waals surface area (Å²) in [6.07, 6.45) is 2.08. The summed E-state index contributed by atoms with van der Waals surface area (Å²) in [7, 11) is 1.30. The Labute approximate surface area is 120 Å². The van der Waals surface area contributed by atoms with Crippen LogP contribution in [0.15, 0.2) is 0 Å². The molecule has 0 aromatic rings. The van der Waals surface area contributed by atoms with Gasteiger partial charge in [-0.05, 0) is 25.7 Å². The second kappa shape index (κ2) is 10.1. The van der Waals surface area contributed by atoms with Crippen molar-refractivity contribution in [1.82, 2.24) is 5.32 Å². The molecule has 1 amide bonds. The van der Waals surface area contributed by atoms with Crippen LogP contribution in [-0.4, -0.2) is 42.6 Å². The van der Waals surface area contributed by atoms with Gasteiger partial charge in [0.25, 0.3) is 0 Å². The Balaban J connectivity index is 3.72. The fourth-order valence-electron chi connectivity index (χ4n) is 1.47. The van der Waals surface area contributed by atoms with Gasteiger partial charge in [-0.25, -0.2) is 0 Å². The Morgan fingerprint density at radius 1 is 1.26 bits per heavy atom. The first-order chi connectivity index (χ1) is 8.86. The third-order valence-electron chi connectivity index (χ3n) is 2.62. The van der Waals surface area contributed by atoms with Crippen LogP contribution in [0.25, 0.3) is 0 Å². The largest absolute Gasteiger partial charge is 0.468 e. The molecule has 0 spiro atoms. The Kier molecular flexibility index (Phi) is 9.69. The quantitative estimate of drug-likeness (QED) is 0.623. The number of hydrogen-bond acceptors (Lipinski definition) is 5. The zero-order valence-electron chi connectivity index (χ0n) is 12.3. The van der Waals surface area contributed by atoms with E-state index in [9.17, 15) is 9.59 Å². The molecular weight excluding hydrogens is 264 g/mol. The molecule has 3 N–H and O–H groups in total. The predicted octanol–water partition coefficient (Wildman–Crippen LogP) is 1.16. The van der Waals surface area contributed by atoms with Gasteiger partial charge in [0.2, 0.25) is 5.91 Å². The van der Waals surface area contributed by atoms with Crippen molar-refractivity contribution in [3.05, 3.63) is 0 Å². The van der Waals surface area contributed by atoms with E-state index >= 15 is 0 Å². The lowest BCUT2D eigenvalue weighted by molar-refractivity contribution is -0.141. The van der Waals surface area contributed by atoms with Crippen molar-refractivity contribution in [3.8, 4) is 0 Å². The third kappa shape index (κ3) is 9.78. The van der Waals surface area contributed by atoms with Gasteiger partial charge in [0, 0.05) is 11.8 Å². The van der Waals surface area contributed by atoms with Crippen LogP contribution in [0.4, 0.5) is 0 Å². The minimum absolute atomic E-state index is 0.0154. The minimum atomic E-state index is -0.666. The zero-order chi connectivity index (χ0) is 14.8. The molecule has 0 radical (unpaired) electrons. The summed E-state index contributed by atoms with van der Waals surface area (Å²) in [4.78, 5) is 22.7. The maximum Gasteiger partial charge on any atom is 0.323 e. The number of carbonyl (C=O) groups excluding carboxylic acids is 2. The molecule has 0 aliphatic heterocycles. The SMILES string of the molecule is COC(=O)C(N)CSCC(=O)NC(C)CCC(C)C. The van der Waals surface area contributed by atoms with Crippen molar-refractivity contribution in [2.24, 2.45) is 11.7 Å². The van der Waals surface area contributed by atoms with E-state index in [4.69, 9.17) is 5.73 Å². The fourth-order valence-corrected chi connectivity index (χ4v) is 2.25. The maximum atomic E-state index is 11.6. The van der Waals surface area contributed by atoms with Crippen LogP contribution in [0.1, 0.15) is 33.6 Å².